The molecule has 0 fully saturated rings. The zero-order valence-corrected chi connectivity index (χ0v) is 11.1. The minimum Gasteiger partial charge on any atom is -0.307 e. The lowest BCUT2D eigenvalue weighted by Gasteiger charge is -2.32. The van der Waals surface area contributed by atoms with E-state index in [-0.39, 0.29) is 0 Å². The second-order valence-electron chi connectivity index (χ2n) is 5.11. The Balaban J connectivity index is 0.00000106. The van der Waals surface area contributed by atoms with E-state index in [1.165, 1.54) is 24.8 Å². The van der Waals surface area contributed by atoms with Crippen molar-refractivity contribution in [1.82, 2.24) is 0 Å². The molecular weight excluding hydrogens is 196 g/mol. The van der Waals surface area contributed by atoms with E-state index in [0.29, 0.717) is 5.41 Å². The Hall–Kier alpha value is -1.11. The van der Waals surface area contributed by atoms with Crippen LogP contribution in [0.15, 0.2) is 35.5 Å². The molecule has 0 spiro atoms. The highest BCUT2D eigenvalue weighted by Crippen LogP contribution is 2.40. The minimum absolute atomic E-state index is 0.355. The first-order valence-corrected chi connectivity index (χ1v) is 5.76. The first kappa shape index (κ1) is 14.9. The molecule has 0 aliphatic heterocycles. The Morgan fingerprint density at radius 3 is 2.38 bits per heavy atom. The van der Waals surface area contributed by atoms with Gasteiger partial charge < -0.3 is 4.79 Å². The molecule has 0 amide bonds. The normalized spacial score (nSPS) is 19.2. The predicted molar refractivity (Wildman–Crippen MR) is 71.4 cm³/mol. The van der Waals surface area contributed by atoms with Crippen LogP contribution in [-0.2, 0) is 4.79 Å². The Bertz CT molecular complexity index is 305. The first-order valence-electron chi connectivity index (χ1n) is 5.76. The van der Waals surface area contributed by atoms with Gasteiger partial charge in [0, 0.05) is 0 Å². The first-order chi connectivity index (χ1) is 7.43. The Morgan fingerprint density at radius 1 is 1.38 bits per heavy atom. The highest BCUT2D eigenvalue weighted by molar-refractivity contribution is 5.35. The molecule has 0 aromatic carbocycles. The van der Waals surface area contributed by atoms with Crippen LogP contribution in [0.4, 0.5) is 0 Å². The summed E-state index contributed by atoms with van der Waals surface area (Å²) >= 11 is 0. The lowest BCUT2D eigenvalue weighted by molar-refractivity contribution is -0.0979. The van der Waals surface area contributed by atoms with E-state index in [1.54, 1.807) is 5.57 Å². The van der Waals surface area contributed by atoms with E-state index in [1.807, 2.05) is 13.7 Å². The molecule has 0 heterocycles. The molecule has 0 aromatic rings. The van der Waals surface area contributed by atoms with Gasteiger partial charge in [-0.05, 0) is 44.1 Å². The lowest BCUT2D eigenvalue weighted by atomic mass is 9.72. The van der Waals surface area contributed by atoms with Crippen molar-refractivity contribution in [2.75, 3.05) is 0 Å². The molecular formula is C15H24O. The lowest BCUT2D eigenvalue weighted by Crippen LogP contribution is -2.19. The highest BCUT2D eigenvalue weighted by atomic mass is 16.1. The van der Waals surface area contributed by atoms with Gasteiger partial charge in [0.1, 0.15) is 6.79 Å². The molecule has 0 N–H and O–H groups in total. The molecule has 90 valence electrons. The smallest absolute Gasteiger partial charge is 0.106 e. The summed E-state index contributed by atoms with van der Waals surface area (Å²) in [4.78, 5) is 8.00. The quantitative estimate of drug-likeness (QED) is 0.628. The monoisotopic (exact) mass is 220 g/mol. The molecule has 0 bridgehead atoms. The summed E-state index contributed by atoms with van der Waals surface area (Å²) in [5, 5.41) is 0. The van der Waals surface area contributed by atoms with Crippen molar-refractivity contribution in [3.63, 3.8) is 0 Å². The van der Waals surface area contributed by atoms with E-state index >= 15 is 0 Å². The number of hydrogen-bond acceptors (Lipinski definition) is 1. The maximum Gasteiger partial charge on any atom is 0.106 e. The number of rotatable bonds is 2. The van der Waals surface area contributed by atoms with Gasteiger partial charge in [-0.25, -0.2) is 0 Å². The SMILES string of the molecule is C=C(C)/C=C/C1=C(C)CCCC1(C)C.C=O. The van der Waals surface area contributed by atoms with Crippen molar-refractivity contribution in [2.24, 2.45) is 5.41 Å². The summed E-state index contributed by atoms with van der Waals surface area (Å²) in [5.41, 5.74) is 4.56. The van der Waals surface area contributed by atoms with Crippen molar-refractivity contribution in [2.45, 2.75) is 47.0 Å². The second-order valence-corrected chi connectivity index (χ2v) is 5.11. The van der Waals surface area contributed by atoms with Gasteiger partial charge in [0.15, 0.2) is 0 Å². The fourth-order valence-electron chi connectivity index (χ4n) is 2.24. The topological polar surface area (TPSA) is 17.1 Å². The molecule has 1 rings (SSSR count). The summed E-state index contributed by atoms with van der Waals surface area (Å²) in [7, 11) is 0. The Labute approximate surface area is 99.9 Å². The van der Waals surface area contributed by atoms with Crippen LogP contribution in [0.1, 0.15) is 47.0 Å². The van der Waals surface area contributed by atoms with E-state index < -0.39 is 0 Å². The maximum atomic E-state index is 8.00. The molecule has 1 aliphatic rings. The van der Waals surface area contributed by atoms with E-state index in [9.17, 15) is 0 Å². The van der Waals surface area contributed by atoms with Crippen LogP contribution in [0.25, 0.3) is 0 Å². The van der Waals surface area contributed by atoms with Crippen molar-refractivity contribution in [3.05, 3.63) is 35.5 Å². The number of carbonyl (C=O) groups is 1. The summed E-state index contributed by atoms with van der Waals surface area (Å²) in [6.45, 7) is 14.9. The van der Waals surface area contributed by atoms with E-state index in [4.69, 9.17) is 4.79 Å². The van der Waals surface area contributed by atoms with Crippen LogP contribution in [0.2, 0.25) is 0 Å². The molecule has 1 nitrogen and oxygen atoms in total. The van der Waals surface area contributed by atoms with Gasteiger partial charge in [-0.15, -0.1) is 0 Å². The molecule has 0 saturated carbocycles. The molecule has 0 atom stereocenters. The largest absolute Gasteiger partial charge is 0.307 e. The third-order valence-electron chi connectivity index (χ3n) is 3.08. The van der Waals surface area contributed by atoms with Crippen LogP contribution in [-0.4, -0.2) is 6.79 Å². The standard InChI is InChI=1S/C14H22.CH2O/c1-11(2)8-9-13-12(3)7-6-10-14(13,4)5;1-2/h8-9H,1,6-7,10H2,2-5H3;1H2/b9-8+;. The van der Waals surface area contributed by atoms with Crippen molar-refractivity contribution in [1.29, 1.82) is 0 Å². The number of hydrogen-bond donors (Lipinski definition) is 0. The van der Waals surface area contributed by atoms with Gasteiger partial charge in [-0.3, -0.25) is 0 Å². The van der Waals surface area contributed by atoms with Gasteiger partial charge in [0.25, 0.3) is 0 Å². The third-order valence-corrected chi connectivity index (χ3v) is 3.08. The van der Waals surface area contributed by atoms with Gasteiger partial charge in [0.2, 0.25) is 0 Å². The molecule has 0 radical (unpaired) electrons. The van der Waals surface area contributed by atoms with Gasteiger partial charge in [0.05, 0.1) is 0 Å². The molecule has 0 saturated heterocycles. The summed E-state index contributed by atoms with van der Waals surface area (Å²) < 4.78 is 0. The molecule has 1 aliphatic carbocycles. The van der Waals surface area contributed by atoms with Crippen molar-refractivity contribution in [3.8, 4) is 0 Å². The summed E-state index contributed by atoms with van der Waals surface area (Å²) in [5.74, 6) is 0. The fraction of sp³-hybridized carbons (Fsp3) is 0.533. The van der Waals surface area contributed by atoms with E-state index in [2.05, 4.69) is 39.5 Å². The predicted octanol–water partition coefficient (Wildman–Crippen LogP) is 4.46. The van der Waals surface area contributed by atoms with Gasteiger partial charge in [-0.1, -0.05) is 43.7 Å². The van der Waals surface area contributed by atoms with Crippen LogP contribution in [0.5, 0.6) is 0 Å². The molecule has 0 unspecified atom stereocenters. The second kappa shape index (κ2) is 6.47. The number of carbonyl (C=O) groups excluding carboxylic acids is 1. The zero-order chi connectivity index (χ0) is 12.8. The third kappa shape index (κ3) is 4.18. The molecule has 0 aromatic heterocycles. The molecule has 1 heteroatoms. The fourth-order valence-corrected chi connectivity index (χ4v) is 2.24. The summed E-state index contributed by atoms with van der Waals surface area (Å²) in [6.07, 6.45) is 8.30. The molecule has 16 heavy (non-hydrogen) atoms. The average Bonchev–Trinajstić information content (AvgIpc) is 2.18. The Kier molecular flexibility index (Phi) is 6.02. The van der Waals surface area contributed by atoms with Crippen LogP contribution in [0, 0.1) is 5.41 Å². The van der Waals surface area contributed by atoms with Crippen LogP contribution in [0.3, 0.4) is 0 Å². The number of allylic oxidation sites excluding steroid dienone is 5. The van der Waals surface area contributed by atoms with Crippen molar-refractivity contribution >= 4 is 6.79 Å². The maximum absolute atomic E-state index is 8.00. The van der Waals surface area contributed by atoms with Gasteiger partial charge in [-0.2, -0.15) is 0 Å². The van der Waals surface area contributed by atoms with E-state index in [0.717, 1.165) is 5.57 Å². The highest BCUT2D eigenvalue weighted by Gasteiger charge is 2.26. The minimum atomic E-state index is 0.355. The van der Waals surface area contributed by atoms with Crippen LogP contribution >= 0.6 is 0 Å². The summed E-state index contributed by atoms with van der Waals surface area (Å²) in [6, 6.07) is 0. The average molecular weight is 220 g/mol. The Morgan fingerprint density at radius 2 is 1.94 bits per heavy atom. The van der Waals surface area contributed by atoms with Crippen molar-refractivity contribution < 1.29 is 4.79 Å². The van der Waals surface area contributed by atoms with Gasteiger partial charge >= 0.3 is 0 Å². The van der Waals surface area contributed by atoms with Crippen LogP contribution < -0.4 is 0 Å². The zero-order valence-electron chi connectivity index (χ0n) is 11.1.